The molecule has 1 aromatic heterocycles. The third-order valence-electron chi connectivity index (χ3n) is 2.80. The highest BCUT2D eigenvalue weighted by Gasteiger charge is 2.13. The normalized spacial score (nSPS) is 20.2. The van der Waals surface area contributed by atoms with Gasteiger partial charge in [0.05, 0.1) is 18.4 Å². The van der Waals surface area contributed by atoms with Crippen LogP contribution in [0.2, 0.25) is 0 Å². The molecule has 1 heterocycles. The van der Waals surface area contributed by atoms with Crippen molar-refractivity contribution in [3.05, 3.63) is 30.1 Å². The number of nitrogens with zero attached hydrogens (tertiary/aromatic N) is 1. The van der Waals surface area contributed by atoms with Crippen molar-refractivity contribution in [3.63, 3.8) is 0 Å². The summed E-state index contributed by atoms with van der Waals surface area (Å²) in [5.41, 5.74) is 2.23. The van der Waals surface area contributed by atoms with E-state index in [2.05, 4.69) is 4.98 Å². The van der Waals surface area contributed by atoms with E-state index in [4.69, 9.17) is 4.74 Å². The van der Waals surface area contributed by atoms with Crippen molar-refractivity contribution in [2.45, 2.75) is 45.3 Å². The number of allylic oxidation sites excluding steroid dienone is 1. The van der Waals surface area contributed by atoms with Gasteiger partial charge in [0.25, 0.3) is 0 Å². The van der Waals surface area contributed by atoms with E-state index in [1.807, 2.05) is 32.2 Å². The predicted molar refractivity (Wildman–Crippen MR) is 67.8 cm³/mol. The molecule has 1 unspecified atom stereocenters. The van der Waals surface area contributed by atoms with Crippen LogP contribution in [0, 0.1) is 0 Å². The van der Waals surface area contributed by atoms with Crippen molar-refractivity contribution < 1.29 is 9.84 Å². The lowest BCUT2D eigenvalue weighted by Crippen LogP contribution is -2.09. The molecule has 92 valence electrons. The summed E-state index contributed by atoms with van der Waals surface area (Å²) in [5, 5.41) is 9.63. The third-order valence-corrected chi connectivity index (χ3v) is 2.80. The number of rotatable bonds is 3. The van der Waals surface area contributed by atoms with Gasteiger partial charge in [-0.15, -0.1) is 0 Å². The zero-order valence-electron chi connectivity index (χ0n) is 10.4. The minimum Gasteiger partial charge on any atom is -0.489 e. The molecule has 1 N–H and O–H groups in total. The van der Waals surface area contributed by atoms with Crippen LogP contribution in [0.25, 0.3) is 5.57 Å². The van der Waals surface area contributed by atoms with Gasteiger partial charge in [-0.3, -0.25) is 4.98 Å². The largest absolute Gasteiger partial charge is 0.489 e. The molecule has 17 heavy (non-hydrogen) atoms. The highest BCUT2D eigenvalue weighted by Crippen LogP contribution is 2.28. The highest BCUT2D eigenvalue weighted by molar-refractivity contribution is 5.67. The highest BCUT2D eigenvalue weighted by atomic mass is 16.5. The Morgan fingerprint density at radius 3 is 2.94 bits per heavy atom. The first-order valence-corrected chi connectivity index (χ1v) is 6.16. The molecular formula is C14H19NO2. The fourth-order valence-electron chi connectivity index (χ4n) is 2.07. The van der Waals surface area contributed by atoms with E-state index in [0.717, 1.165) is 30.6 Å². The van der Waals surface area contributed by atoms with E-state index in [0.29, 0.717) is 0 Å². The summed E-state index contributed by atoms with van der Waals surface area (Å²) < 4.78 is 5.62. The van der Waals surface area contributed by atoms with Crippen molar-refractivity contribution in [1.29, 1.82) is 0 Å². The average molecular weight is 233 g/mol. The van der Waals surface area contributed by atoms with Gasteiger partial charge in [-0.1, -0.05) is 6.08 Å². The lowest BCUT2D eigenvalue weighted by molar-refractivity contribution is 0.206. The first-order valence-electron chi connectivity index (χ1n) is 6.16. The molecule has 1 aromatic rings. The molecule has 0 aliphatic heterocycles. The lowest BCUT2D eigenvalue weighted by atomic mass is 9.93. The first kappa shape index (κ1) is 12.1. The molecule has 0 saturated heterocycles. The third kappa shape index (κ3) is 3.30. The number of pyridine rings is 1. The molecule has 0 aromatic carbocycles. The first-order chi connectivity index (χ1) is 8.15. The number of hydrogen-bond acceptors (Lipinski definition) is 3. The van der Waals surface area contributed by atoms with Crippen molar-refractivity contribution in [2.24, 2.45) is 0 Å². The molecule has 3 nitrogen and oxygen atoms in total. The van der Waals surface area contributed by atoms with Crippen molar-refractivity contribution >= 4 is 5.57 Å². The molecule has 0 spiro atoms. The molecule has 2 rings (SSSR count). The van der Waals surface area contributed by atoms with Crippen LogP contribution in [-0.2, 0) is 0 Å². The van der Waals surface area contributed by atoms with E-state index in [1.165, 1.54) is 5.57 Å². The van der Waals surface area contributed by atoms with Crippen molar-refractivity contribution in [1.82, 2.24) is 4.98 Å². The van der Waals surface area contributed by atoms with Gasteiger partial charge in [0, 0.05) is 6.20 Å². The maximum absolute atomic E-state index is 9.63. The van der Waals surface area contributed by atoms with Crippen LogP contribution >= 0.6 is 0 Å². The molecule has 0 saturated carbocycles. The Morgan fingerprint density at radius 1 is 1.41 bits per heavy atom. The second-order valence-corrected chi connectivity index (χ2v) is 4.73. The second kappa shape index (κ2) is 5.32. The number of aromatic nitrogens is 1. The maximum Gasteiger partial charge on any atom is 0.138 e. The van der Waals surface area contributed by atoms with Gasteiger partial charge in [0.2, 0.25) is 0 Å². The zero-order chi connectivity index (χ0) is 12.3. The summed E-state index contributed by atoms with van der Waals surface area (Å²) in [5.74, 6) is 0.790. The SMILES string of the molecule is CC(C)Oc1cncc(C2=CC(O)CCC2)c1. The second-order valence-electron chi connectivity index (χ2n) is 4.73. The average Bonchev–Trinajstić information content (AvgIpc) is 2.28. The van der Waals surface area contributed by atoms with Crippen LogP contribution in [0.1, 0.15) is 38.7 Å². The molecular weight excluding hydrogens is 214 g/mol. The zero-order valence-corrected chi connectivity index (χ0v) is 10.4. The van der Waals surface area contributed by atoms with Gasteiger partial charge in [0.1, 0.15) is 5.75 Å². The summed E-state index contributed by atoms with van der Waals surface area (Å²) in [6, 6.07) is 2.00. The molecule has 0 amide bonds. The van der Waals surface area contributed by atoms with Crippen LogP contribution in [0.4, 0.5) is 0 Å². The van der Waals surface area contributed by atoms with E-state index < -0.39 is 0 Å². The molecule has 1 atom stereocenters. The molecule has 0 radical (unpaired) electrons. The van der Waals surface area contributed by atoms with Gasteiger partial charge >= 0.3 is 0 Å². The monoisotopic (exact) mass is 233 g/mol. The van der Waals surface area contributed by atoms with Crippen LogP contribution in [0.15, 0.2) is 24.5 Å². The summed E-state index contributed by atoms with van der Waals surface area (Å²) in [6.07, 6.45) is 8.22. The smallest absolute Gasteiger partial charge is 0.138 e. The number of hydrogen-bond donors (Lipinski definition) is 1. The van der Waals surface area contributed by atoms with Crippen LogP contribution < -0.4 is 4.74 Å². The van der Waals surface area contributed by atoms with Crippen molar-refractivity contribution in [2.75, 3.05) is 0 Å². The minimum absolute atomic E-state index is 0.151. The van der Waals surface area contributed by atoms with E-state index >= 15 is 0 Å². The van der Waals surface area contributed by atoms with Crippen LogP contribution in [0.5, 0.6) is 5.75 Å². The summed E-state index contributed by atoms with van der Waals surface area (Å²) in [6.45, 7) is 3.99. The van der Waals surface area contributed by atoms with Gasteiger partial charge < -0.3 is 9.84 Å². The lowest BCUT2D eigenvalue weighted by Gasteiger charge is -2.18. The van der Waals surface area contributed by atoms with Crippen LogP contribution in [0.3, 0.4) is 0 Å². The molecule has 0 bridgehead atoms. The predicted octanol–water partition coefficient (Wildman–Crippen LogP) is 2.80. The van der Waals surface area contributed by atoms with Gasteiger partial charge in [-0.05, 0) is 50.3 Å². The standard InChI is InChI=1S/C14H19NO2/c1-10(2)17-14-7-12(8-15-9-14)11-4-3-5-13(16)6-11/h6-10,13,16H,3-5H2,1-2H3. The van der Waals surface area contributed by atoms with E-state index in [1.54, 1.807) is 6.20 Å². The Morgan fingerprint density at radius 2 is 2.24 bits per heavy atom. The topological polar surface area (TPSA) is 42.4 Å². The number of ether oxygens (including phenoxy) is 1. The van der Waals surface area contributed by atoms with Crippen molar-refractivity contribution in [3.8, 4) is 5.75 Å². The Balaban J connectivity index is 2.20. The maximum atomic E-state index is 9.63. The Hall–Kier alpha value is -1.35. The summed E-state index contributed by atoms with van der Waals surface area (Å²) in [7, 11) is 0. The van der Waals surface area contributed by atoms with Crippen LogP contribution in [-0.4, -0.2) is 22.3 Å². The molecule has 3 heteroatoms. The number of aliphatic hydroxyl groups excluding tert-OH is 1. The fourth-order valence-corrected chi connectivity index (χ4v) is 2.07. The molecule has 1 aliphatic rings. The Labute approximate surface area is 102 Å². The van der Waals surface area contributed by atoms with E-state index in [9.17, 15) is 5.11 Å². The fraction of sp³-hybridized carbons (Fsp3) is 0.500. The molecule has 1 aliphatic carbocycles. The summed E-state index contributed by atoms with van der Waals surface area (Å²) in [4.78, 5) is 4.19. The van der Waals surface area contributed by atoms with E-state index in [-0.39, 0.29) is 12.2 Å². The molecule has 0 fully saturated rings. The Bertz CT molecular complexity index is 412. The summed E-state index contributed by atoms with van der Waals surface area (Å²) >= 11 is 0. The Kier molecular flexibility index (Phi) is 3.79. The van der Waals surface area contributed by atoms with Gasteiger partial charge in [0.15, 0.2) is 0 Å². The quantitative estimate of drug-likeness (QED) is 0.873. The van der Waals surface area contributed by atoms with Gasteiger partial charge in [-0.2, -0.15) is 0 Å². The minimum atomic E-state index is -0.312. The number of aliphatic hydroxyl groups is 1. The van der Waals surface area contributed by atoms with Gasteiger partial charge in [-0.25, -0.2) is 0 Å².